The Kier molecular flexibility index (Phi) is 4.86. The molecule has 23 heavy (non-hydrogen) atoms. The molecule has 0 aliphatic heterocycles. The summed E-state index contributed by atoms with van der Waals surface area (Å²) in [5, 5.41) is 0. The van der Waals surface area contributed by atoms with Gasteiger partial charge in [-0.25, -0.2) is 4.39 Å². The zero-order chi connectivity index (χ0) is 17.4. The Bertz CT molecular complexity index is 620. The van der Waals surface area contributed by atoms with E-state index < -0.39 is 5.54 Å². The number of allylic oxidation sites excluding steroid dienone is 8. The molecule has 0 bridgehead atoms. The topological polar surface area (TPSA) is 26.0 Å². The molecular weight excluding hydrogens is 285 g/mol. The molecule has 0 amide bonds. The van der Waals surface area contributed by atoms with Crippen molar-refractivity contribution in [3.8, 4) is 0 Å². The molecule has 0 radical (unpaired) electrons. The van der Waals surface area contributed by atoms with E-state index >= 15 is 0 Å². The van der Waals surface area contributed by atoms with Crippen LogP contribution in [0, 0.1) is 11.3 Å². The molecule has 0 aromatic rings. The molecule has 0 saturated heterocycles. The van der Waals surface area contributed by atoms with E-state index in [1.54, 1.807) is 12.2 Å². The molecule has 0 spiro atoms. The van der Waals surface area contributed by atoms with E-state index in [4.69, 9.17) is 5.73 Å². The van der Waals surface area contributed by atoms with Gasteiger partial charge in [-0.2, -0.15) is 0 Å². The van der Waals surface area contributed by atoms with Gasteiger partial charge in [0.05, 0.1) is 0 Å². The van der Waals surface area contributed by atoms with Gasteiger partial charge in [0.25, 0.3) is 0 Å². The summed E-state index contributed by atoms with van der Waals surface area (Å²) < 4.78 is 14.8. The summed E-state index contributed by atoms with van der Waals surface area (Å²) in [6, 6.07) is 0. The Hall–Kier alpha value is -1.41. The highest BCUT2D eigenvalue weighted by molar-refractivity contribution is 5.48. The van der Waals surface area contributed by atoms with Crippen LogP contribution in [0.25, 0.3) is 0 Å². The zero-order valence-corrected chi connectivity index (χ0v) is 15.2. The van der Waals surface area contributed by atoms with Crippen LogP contribution in [0.4, 0.5) is 4.39 Å². The maximum absolute atomic E-state index is 14.8. The highest BCUT2D eigenvalue weighted by atomic mass is 19.1. The van der Waals surface area contributed by atoms with Crippen molar-refractivity contribution in [3.63, 3.8) is 0 Å². The van der Waals surface area contributed by atoms with Gasteiger partial charge in [0, 0.05) is 5.54 Å². The average molecular weight is 315 g/mol. The Morgan fingerprint density at radius 2 is 1.96 bits per heavy atom. The fourth-order valence-electron chi connectivity index (χ4n) is 3.86. The molecule has 1 atom stereocenters. The normalized spacial score (nSPS) is 27.4. The maximum Gasteiger partial charge on any atom is 0.124 e. The van der Waals surface area contributed by atoms with Crippen LogP contribution in [0.3, 0.4) is 0 Å². The van der Waals surface area contributed by atoms with Gasteiger partial charge in [-0.05, 0) is 67.2 Å². The first-order chi connectivity index (χ1) is 10.6. The van der Waals surface area contributed by atoms with Crippen molar-refractivity contribution in [2.24, 2.45) is 17.1 Å². The summed E-state index contributed by atoms with van der Waals surface area (Å²) in [4.78, 5) is 0. The predicted octanol–water partition coefficient (Wildman–Crippen LogP) is 5.77. The monoisotopic (exact) mass is 315 g/mol. The molecule has 2 heteroatoms. The third-order valence-electron chi connectivity index (χ3n) is 5.42. The van der Waals surface area contributed by atoms with Crippen LogP contribution >= 0.6 is 0 Å². The Morgan fingerprint density at radius 1 is 1.35 bits per heavy atom. The predicted molar refractivity (Wildman–Crippen MR) is 97.6 cm³/mol. The van der Waals surface area contributed by atoms with E-state index in [1.807, 2.05) is 6.92 Å². The van der Waals surface area contributed by atoms with Crippen molar-refractivity contribution < 1.29 is 4.39 Å². The lowest BCUT2D eigenvalue weighted by molar-refractivity contribution is 0.0896. The third kappa shape index (κ3) is 3.74. The van der Waals surface area contributed by atoms with Crippen LogP contribution in [0.15, 0.2) is 59.0 Å². The van der Waals surface area contributed by atoms with Crippen molar-refractivity contribution >= 4 is 0 Å². The highest BCUT2D eigenvalue weighted by Crippen LogP contribution is 2.50. The minimum Gasteiger partial charge on any atom is -0.322 e. The number of hydrogen-bond donors (Lipinski definition) is 1. The Morgan fingerprint density at radius 3 is 2.43 bits per heavy atom. The van der Waals surface area contributed by atoms with Crippen molar-refractivity contribution in [3.05, 3.63) is 59.0 Å². The molecule has 2 rings (SSSR count). The Balaban J connectivity index is 2.28. The first-order valence-electron chi connectivity index (χ1n) is 8.45. The number of hydrogen-bond acceptors (Lipinski definition) is 1. The third-order valence-corrected chi connectivity index (χ3v) is 5.42. The van der Waals surface area contributed by atoms with Crippen molar-refractivity contribution in [2.45, 2.75) is 59.4 Å². The first-order valence-corrected chi connectivity index (χ1v) is 8.45. The molecule has 2 aliphatic carbocycles. The van der Waals surface area contributed by atoms with E-state index in [-0.39, 0.29) is 11.2 Å². The van der Waals surface area contributed by atoms with Crippen LogP contribution in [0.1, 0.15) is 53.9 Å². The number of rotatable bonds is 4. The molecule has 1 saturated carbocycles. The minimum absolute atomic E-state index is 0.210. The molecule has 0 heterocycles. The largest absolute Gasteiger partial charge is 0.322 e. The van der Waals surface area contributed by atoms with E-state index in [1.165, 1.54) is 5.57 Å². The van der Waals surface area contributed by atoms with Crippen molar-refractivity contribution in [1.29, 1.82) is 0 Å². The lowest BCUT2D eigenvalue weighted by atomic mass is 9.57. The van der Waals surface area contributed by atoms with Crippen molar-refractivity contribution in [1.82, 2.24) is 0 Å². The molecule has 0 aromatic heterocycles. The molecule has 1 nitrogen and oxygen atoms in total. The van der Waals surface area contributed by atoms with Crippen molar-refractivity contribution in [2.75, 3.05) is 0 Å². The second-order valence-corrected chi connectivity index (χ2v) is 8.16. The number of nitrogens with two attached hydrogens (primary N) is 1. The van der Waals surface area contributed by atoms with Gasteiger partial charge < -0.3 is 5.73 Å². The summed E-state index contributed by atoms with van der Waals surface area (Å²) in [7, 11) is 0. The van der Waals surface area contributed by atoms with E-state index in [0.29, 0.717) is 11.5 Å². The first kappa shape index (κ1) is 17.9. The molecule has 0 aromatic carbocycles. The van der Waals surface area contributed by atoms with E-state index in [9.17, 15) is 4.39 Å². The van der Waals surface area contributed by atoms with E-state index in [0.717, 1.165) is 30.4 Å². The minimum atomic E-state index is -0.499. The SMILES string of the molecule is C=C/C(=C\C(F)=C(/C)C1(N)CC(C)(C)C1)C1=CC=C(C)C(C)C1. The zero-order valence-electron chi connectivity index (χ0n) is 15.2. The second kappa shape index (κ2) is 6.24. The quantitative estimate of drug-likeness (QED) is 0.655. The maximum atomic E-state index is 14.8. The summed E-state index contributed by atoms with van der Waals surface area (Å²) in [6.07, 6.45) is 10.1. The molecule has 126 valence electrons. The van der Waals surface area contributed by atoms with Gasteiger partial charge in [0.1, 0.15) is 5.83 Å². The standard InChI is InChI=1S/C21H30FN/c1-7-17(18-9-8-14(2)15(3)10-18)11-19(22)16(4)21(23)12-20(5,6)13-21/h7-9,11,15H,1,10,12-13,23H2,2-6H3/b17-11+,19-16-. The summed E-state index contributed by atoms with van der Waals surface area (Å²) in [5.41, 5.74) is 10.1. The number of halogens is 1. The van der Waals surface area contributed by atoms with Gasteiger partial charge in [0.15, 0.2) is 0 Å². The fraction of sp³-hybridized carbons (Fsp3) is 0.524. The summed E-state index contributed by atoms with van der Waals surface area (Å²) in [5.74, 6) is 0.275. The van der Waals surface area contributed by atoms with Crippen LogP contribution in [-0.2, 0) is 0 Å². The molecule has 2 aliphatic rings. The average Bonchev–Trinajstić information content (AvgIpc) is 2.44. The lowest BCUT2D eigenvalue weighted by Gasteiger charge is -2.51. The molecule has 1 fully saturated rings. The summed E-state index contributed by atoms with van der Waals surface area (Å²) >= 11 is 0. The smallest absolute Gasteiger partial charge is 0.124 e. The van der Waals surface area contributed by atoms with Crippen LogP contribution in [0.2, 0.25) is 0 Å². The van der Waals surface area contributed by atoms with E-state index in [2.05, 4.69) is 46.4 Å². The van der Waals surface area contributed by atoms with Crippen LogP contribution in [-0.4, -0.2) is 5.54 Å². The van der Waals surface area contributed by atoms with Crippen LogP contribution in [0.5, 0.6) is 0 Å². The van der Waals surface area contributed by atoms with Gasteiger partial charge >= 0.3 is 0 Å². The fourth-order valence-corrected chi connectivity index (χ4v) is 3.86. The summed E-state index contributed by atoms with van der Waals surface area (Å²) in [6.45, 7) is 14.4. The van der Waals surface area contributed by atoms with Gasteiger partial charge in [-0.1, -0.05) is 51.2 Å². The second-order valence-electron chi connectivity index (χ2n) is 8.16. The lowest BCUT2D eigenvalue weighted by Crippen LogP contribution is -2.56. The molecule has 2 N–H and O–H groups in total. The van der Waals surface area contributed by atoms with Gasteiger partial charge in [0.2, 0.25) is 0 Å². The Labute approximate surface area is 140 Å². The van der Waals surface area contributed by atoms with Gasteiger partial charge in [-0.3, -0.25) is 0 Å². The van der Waals surface area contributed by atoms with Crippen LogP contribution < -0.4 is 5.73 Å². The highest BCUT2D eigenvalue weighted by Gasteiger charge is 2.48. The molecular formula is C21H30FN. The van der Waals surface area contributed by atoms with Gasteiger partial charge in [-0.15, -0.1) is 0 Å². The molecule has 1 unspecified atom stereocenters.